The number of nitrogens with one attached hydrogen (secondary N) is 2. The third kappa shape index (κ3) is 6.21. The second-order valence-corrected chi connectivity index (χ2v) is 6.67. The maximum absolute atomic E-state index is 12.9. The summed E-state index contributed by atoms with van der Waals surface area (Å²) in [7, 11) is 0. The second-order valence-electron chi connectivity index (χ2n) is 6.67. The van der Waals surface area contributed by atoms with Crippen molar-refractivity contribution >= 4 is 17.6 Å². The van der Waals surface area contributed by atoms with E-state index < -0.39 is 0 Å². The van der Waals surface area contributed by atoms with Gasteiger partial charge in [0.25, 0.3) is 5.91 Å². The molecule has 146 valence electrons. The molecular formula is C20H29N4O3+. The molecule has 0 aliphatic rings. The summed E-state index contributed by atoms with van der Waals surface area (Å²) in [5, 5.41) is 6.44. The minimum Gasteiger partial charge on any atom is -0.360 e. The summed E-state index contributed by atoms with van der Waals surface area (Å²) in [4.78, 5) is 28.3. The third-order valence-corrected chi connectivity index (χ3v) is 4.55. The summed E-state index contributed by atoms with van der Waals surface area (Å²) in [6.45, 7) is 11.2. The normalized spacial score (nSPS) is 10.9. The lowest BCUT2D eigenvalue weighted by molar-refractivity contribution is -0.895. The van der Waals surface area contributed by atoms with E-state index >= 15 is 0 Å². The SMILES string of the molecule is CC[NH+](CC)CCN(CC(=O)Nc1cc(C)on1)C(=O)c1ccc(C)cc1. The van der Waals surface area contributed by atoms with Crippen molar-refractivity contribution in [2.24, 2.45) is 0 Å². The van der Waals surface area contributed by atoms with Crippen molar-refractivity contribution in [1.82, 2.24) is 10.1 Å². The molecule has 0 aliphatic carbocycles. The molecule has 2 aromatic rings. The van der Waals surface area contributed by atoms with E-state index in [2.05, 4.69) is 24.3 Å². The van der Waals surface area contributed by atoms with Crippen LogP contribution in [0.5, 0.6) is 0 Å². The van der Waals surface area contributed by atoms with Gasteiger partial charge in [0.2, 0.25) is 5.91 Å². The van der Waals surface area contributed by atoms with E-state index in [0.29, 0.717) is 23.7 Å². The fourth-order valence-electron chi connectivity index (χ4n) is 2.81. The van der Waals surface area contributed by atoms with E-state index in [4.69, 9.17) is 4.52 Å². The molecule has 0 unspecified atom stereocenters. The van der Waals surface area contributed by atoms with Crippen LogP contribution in [0.15, 0.2) is 34.9 Å². The van der Waals surface area contributed by atoms with Crippen LogP contribution in [0.4, 0.5) is 5.82 Å². The monoisotopic (exact) mass is 373 g/mol. The van der Waals surface area contributed by atoms with E-state index in [1.54, 1.807) is 30.0 Å². The average molecular weight is 373 g/mol. The molecule has 2 amide bonds. The standard InChI is InChI=1S/C20H28N4O3/c1-5-23(6-2)11-12-24(20(26)17-9-7-15(3)8-10-17)14-19(25)21-18-13-16(4)27-22-18/h7-10,13H,5-6,11-12,14H2,1-4H3,(H,21,22,25)/p+1. The minimum absolute atomic E-state index is 0.0284. The number of nitrogens with zero attached hydrogens (tertiary/aromatic N) is 2. The molecule has 0 spiro atoms. The van der Waals surface area contributed by atoms with Gasteiger partial charge in [-0.3, -0.25) is 9.59 Å². The summed E-state index contributed by atoms with van der Waals surface area (Å²) in [6, 6.07) is 9.05. The number of carbonyl (C=O) groups is 2. The van der Waals surface area contributed by atoms with E-state index in [-0.39, 0.29) is 18.4 Å². The van der Waals surface area contributed by atoms with Crippen LogP contribution in [0.1, 0.15) is 35.5 Å². The van der Waals surface area contributed by atoms with Gasteiger partial charge in [-0.2, -0.15) is 0 Å². The van der Waals surface area contributed by atoms with Crippen LogP contribution in [0.25, 0.3) is 0 Å². The summed E-state index contributed by atoms with van der Waals surface area (Å²) < 4.78 is 4.96. The quantitative estimate of drug-likeness (QED) is 0.694. The fourth-order valence-corrected chi connectivity index (χ4v) is 2.81. The van der Waals surface area contributed by atoms with E-state index in [9.17, 15) is 9.59 Å². The zero-order chi connectivity index (χ0) is 19.8. The van der Waals surface area contributed by atoms with Crippen LogP contribution in [0, 0.1) is 13.8 Å². The predicted molar refractivity (Wildman–Crippen MR) is 104 cm³/mol. The number of amides is 2. The van der Waals surface area contributed by atoms with Gasteiger partial charge in [-0.1, -0.05) is 22.9 Å². The molecule has 0 saturated carbocycles. The number of aromatic nitrogens is 1. The minimum atomic E-state index is -0.293. The Morgan fingerprint density at radius 1 is 1.15 bits per heavy atom. The largest absolute Gasteiger partial charge is 0.360 e. The second kappa shape index (κ2) is 9.87. The Labute approximate surface area is 160 Å². The summed E-state index contributed by atoms with van der Waals surface area (Å²) in [6.07, 6.45) is 0. The summed E-state index contributed by atoms with van der Waals surface area (Å²) in [5.41, 5.74) is 1.67. The number of quaternary nitrogens is 1. The first-order chi connectivity index (χ1) is 12.9. The highest BCUT2D eigenvalue weighted by atomic mass is 16.5. The van der Waals surface area contributed by atoms with Gasteiger partial charge in [-0.15, -0.1) is 0 Å². The van der Waals surface area contributed by atoms with Crippen molar-refractivity contribution in [3.05, 3.63) is 47.2 Å². The zero-order valence-electron chi connectivity index (χ0n) is 16.5. The Morgan fingerprint density at radius 2 is 1.81 bits per heavy atom. The van der Waals surface area contributed by atoms with Gasteiger partial charge in [0.1, 0.15) is 12.3 Å². The number of likely N-dealkylation sites (N-methyl/N-ethyl adjacent to an activating group) is 1. The van der Waals surface area contributed by atoms with Crippen LogP contribution in [0.2, 0.25) is 0 Å². The Morgan fingerprint density at radius 3 is 2.37 bits per heavy atom. The van der Waals surface area contributed by atoms with Crippen LogP contribution >= 0.6 is 0 Å². The van der Waals surface area contributed by atoms with Gasteiger partial charge in [0.05, 0.1) is 26.2 Å². The van der Waals surface area contributed by atoms with Gasteiger partial charge < -0.3 is 19.6 Å². The molecule has 0 saturated heterocycles. The molecule has 0 bridgehead atoms. The van der Waals surface area contributed by atoms with Gasteiger partial charge >= 0.3 is 0 Å². The number of hydrogen-bond acceptors (Lipinski definition) is 4. The number of carbonyl (C=O) groups excluding carboxylic acids is 2. The zero-order valence-corrected chi connectivity index (χ0v) is 16.5. The van der Waals surface area contributed by atoms with Gasteiger partial charge in [-0.05, 0) is 39.8 Å². The lowest BCUT2D eigenvalue weighted by Crippen LogP contribution is -3.12. The highest BCUT2D eigenvalue weighted by Crippen LogP contribution is 2.09. The number of benzene rings is 1. The van der Waals surface area contributed by atoms with E-state index in [0.717, 1.165) is 25.2 Å². The number of rotatable bonds is 9. The van der Waals surface area contributed by atoms with Gasteiger partial charge in [-0.25, -0.2) is 0 Å². The molecule has 0 aliphatic heterocycles. The molecule has 7 nitrogen and oxygen atoms in total. The highest BCUT2D eigenvalue weighted by Gasteiger charge is 2.21. The van der Waals surface area contributed by atoms with Crippen LogP contribution in [-0.4, -0.2) is 54.6 Å². The van der Waals surface area contributed by atoms with Crippen molar-refractivity contribution in [3.63, 3.8) is 0 Å². The van der Waals surface area contributed by atoms with E-state index in [1.165, 1.54) is 4.90 Å². The third-order valence-electron chi connectivity index (χ3n) is 4.55. The number of hydrogen-bond donors (Lipinski definition) is 2. The van der Waals surface area contributed by atoms with Crippen molar-refractivity contribution in [2.45, 2.75) is 27.7 Å². The first-order valence-electron chi connectivity index (χ1n) is 9.35. The molecule has 2 N–H and O–H groups in total. The smallest absolute Gasteiger partial charge is 0.254 e. The predicted octanol–water partition coefficient (Wildman–Crippen LogP) is 1.30. The first kappa shape index (κ1) is 20.6. The maximum Gasteiger partial charge on any atom is 0.254 e. The van der Waals surface area contributed by atoms with Crippen LogP contribution < -0.4 is 10.2 Å². The van der Waals surface area contributed by atoms with Crippen molar-refractivity contribution in [2.75, 3.05) is 38.0 Å². The fraction of sp³-hybridized carbons (Fsp3) is 0.450. The van der Waals surface area contributed by atoms with Crippen LogP contribution in [0.3, 0.4) is 0 Å². The molecule has 0 radical (unpaired) electrons. The molecule has 0 atom stereocenters. The van der Waals surface area contributed by atoms with Crippen molar-refractivity contribution in [1.29, 1.82) is 0 Å². The Bertz CT molecular complexity index is 751. The Hall–Kier alpha value is -2.67. The van der Waals surface area contributed by atoms with Gasteiger partial charge in [0, 0.05) is 11.6 Å². The maximum atomic E-state index is 12.9. The molecular weight excluding hydrogens is 344 g/mol. The molecule has 2 rings (SSSR count). The first-order valence-corrected chi connectivity index (χ1v) is 9.35. The topological polar surface area (TPSA) is 79.9 Å². The Kier molecular flexibility index (Phi) is 7.55. The molecule has 1 heterocycles. The molecule has 0 fully saturated rings. The molecule has 7 heteroatoms. The average Bonchev–Trinajstić information content (AvgIpc) is 3.06. The van der Waals surface area contributed by atoms with E-state index in [1.807, 2.05) is 19.1 Å². The number of anilines is 1. The Balaban J connectivity index is 2.08. The van der Waals surface area contributed by atoms with Crippen molar-refractivity contribution < 1.29 is 19.0 Å². The summed E-state index contributed by atoms with van der Waals surface area (Å²) in [5.74, 6) is 0.531. The van der Waals surface area contributed by atoms with Gasteiger partial charge in [0.15, 0.2) is 5.82 Å². The molecule has 1 aromatic heterocycles. The number of aryl methyl sites for hydroxylation is 2. The molecule has 27 heavy (non-hydrogen) atoms. The molecule has 1 aromatic carbocycles. The lowest BCUT2D eigenvalue weighted by atomic mass is 10.1. The van der Waals surface area contributed by atoms with Crippen LogP contribution in [-0.2, 0) is 4.79 Å². The van der Waals surface area contributed by atoms with Crippen molar-refractivity contribution in [3.8, 4) is 0 Å². The summed E-state index contributed by atoms with van der Waals surface area (Å²) >= 11 is 0. The highest BCUT2D eigenvalue weighted by molar-refractivity contribution is 5.99. The lowest BCUT2D eigenvalue weighted by Gasteiger charge is -2.24.